The van der Waals surface area contributed by atoms with Gasteiger partial charge in [0.25, 0.3) is 0 Å². The van der Waals surface area contributed by atoms with E-state index < -0.39 is 15.1 Å². The number of hydrogen-bond donors (Lipinski definition) is 0. The highest BCUT2D eigenvalue weighted by atomic mass is 32.2. The molecular formula is C14H19N3O2S. The van der Waals surface area contributed by atoms with Crippen molar-refractivity contribution in [3.8, 4) is 0 Å². The van der Waals surface area contributed by atoms with Gasteiger partial charge in [-0.2, -0.15) is 0 Å². The van der Waals surface area contributed by atoms with Crippen molar-refractivity contribution in [1.29, 1.82) is 0 Å². The number of rotatable bonds is 1. The molecule has 1 aliphatic rings. The van der Waals surface area contributed by atoms with E-state index in [1.807, 2.05) is 37.5 Å². The minimum Gasteiger partial charge on any atom is -0.306 e. The zero-order valence-electron chi connectivity index (χ0n) is 12.0. The van der Waals surface area contributed by atoms with Gasteiger partial charge in [-0.15, -0.1) is 0 Å². The summed E-state index contributed by atoms with van der Waals surface area (Å²) in [4.78, 5) is 8.97. The van der Waals surface area contributed by atoms with Gasteiger partial charge in [-0.05, 0) is 45.7 Å². The van der Waals surface area contributed by atoms with Gasteiger partial charge in [0.1, 0.15) is 16.6 Å². The van der Waals surface area contributed by atoms with Crippen LogP contribution in [0.1, 0.15) is 44.7 Å². The average molecular weight is 293 g/mol. The first-order valence-electron chi connectivity index (χ1n) is 6.86. The van der Waals surface area contributed by atoms with Gasteiger partial charge in [-0.25, -0.2) is 18.4 Å². The Morgan fingerprint density at radius 2 is 2.10 bits per heavy atom. The molecule has 20 heavy (non-hydrogen) atoms. The highest BCUT2D eigenvalue weighted by Gasteiger charge is 2.38. The molecule has 0 saturated carbocycles. The van der Waals surface area contributed by atoms with Crippen molar-refractivity contribution in [1.82, 2.24) is 14.5 Å². The van der Waals surface area contributed by atoms with Crippen molar-refractivity contribution < 1.29 is 8.42 Å². The molecule has 0 bridgehead atoms. The predicted octanol–water partition coefficient (Wildman–Crippen LogP) is 2.44. The van der Waals surface area contributed by atoms with E-state index in [1.54, 1.807) is 6.20 Å². The lowest BCUT2D eigenvalue weighted by Gasteiger charge is -2.25. The maximum absolute atomic E-state index is 12.2. The minimum absolute atomic E-state index is 0.253. The Kier molecular flexibility index (Phi) is 2.90. The van der Waals surface area contributed by atoms with E-state index in [0.29, 0.717) is 18.7 Å². The number of imidazole rings is 1. The molecule has 6 heteroatoms. The third-order valence-corrected chi connectivity index (χ3v) is 5.90. The topological polar surface area (TPSA) is 64.8 Å². The smallest absolute Gasteiger partial charge is 0.160 e. The van der Waals surface area contributed by atoms with Crippen LogP contribution in [-0.2, 0) is 15.4 Å². The fourth-order valence-electron chi connectivity index (χ4n) is 2.89. The lowest BCUT2D eigenvalue weighted by Crippen LogP contribution is -2.27. The molecule has 108 valence electrons. The fraction of sp³-hybridized carbons (Fsp3) is 0.571. The summed E-state index contributed by atoms with van der Waals surface area (Å²) in [6, 6.07) is 3.71. The Morgan fingerprint density at radius 1 is 1.35 bits per heavy atom. The lowest BCUT2D eigenvalue weighted by molar-refractivity contribution is 0.388. The molecule has 3 heterocycles. The summed E-state index contributed by atoms with van der Waals surface area (Å²) in [7, 11) is -3.08. The summed E-state index contributed by atoms with van der Waals surface area (Å²) in [5, 5.41) is -0.490. The van der Waals surface area contributed by atoms with Crippen LogP contribution >= 0.6 is 0 Å². The Bertz CT molecular complexity index is 756. The molecule has 2 aromatic heterocycles. The first-order valence-corrected chi connectivity index (χ1v) is 8.58. The van der Waals surface area contributed by atoms with Gasteiger partial charge in [0.05, 0.1) is 5.75 Å². The molecule has 1 atom stereocenters. The van der Waals surface area contributed by atoms with Gasteiger partial charge in [0.2, 0.25) is 0 Å². The maximum Gasteiger partial charge on any atom is 0.160 e. The highest BCUT2D eigenvalue weighted by Crippen LogP contribution is 2.37. The molecular weight excluding hydrogens is 274 g/mol. The van der Waals surface area contributed by atoms with Crippen molar-refractivity contribution in [2.24, 2.45) is 0 Å². The van der Waals surface area contributed by atoms with E-state index >= 15 is 0 Å². The third-order valence-electron chi connectivity index (χ3n) is 3.73. The molecule has 0 spiro atoms. The van der Waals surface area contributed by atoms with Crippen LogP contribution in [0.5, 0.6) is 0 Å². The summed E-state index contributed by atoms with van der Waals surface area (Å²) < 4.78 is 26.5. The van der Waals surface area contributed by atoms with Gasteiger partial charge in [-0.1, -0.05) is 0 Å². The number of pyridine rings is 1. The SMILES string of the molecule is CC(C)(C)n1c(C2CCCS2(=O)=O)nc2cccnc21. The average Bonchev–Trinajstić information content (AvgIpc) is 2.87. The van der Waals surface area contributed by atoms with Gasteiger partial charge in [-0.3, -0.25) is 0 Å². The second-order valence-electron chi connectivity index (χ2n) is 6.32. The van der Waals surface area contributed by atoms with E-state index in [9.17, 15) is 8.42 Å². The Morgan fingerprint density at radius 3 is 2.70 bits per heavy atom. The Hall–Kier alpha value is -1.43. The van der Waals surface area contributed by atoms with Crippen LogP contribution in [0.3, 0.4) is 0 Å². The highest BCUT2D eigenvalue weighted by molar-refractivity contribution is 7.91. The standard InChI is InChI=1S/C14H19N3O2S/c1-14(2,3)17-12-10(6-4-8-15-12)16-13(17)11-7-5-9-20(11,18)19/h4,6,8,11H,5,7,9H2,1-3H3. The molecule has 0 aromatic carbocycles. The molecule has 1 unspecified atom stereocenters. The molecule has 0 aliphatic carbocycles. The van der Waals surface area contributed by atoms with Crippen molar-refractivity contribution in [2.75, 3.05) is 5.75 Å². The first kappa shape index (κ1) is 13.5. The van der Waals surface area contributed by atoms with Crippen LogP contribution in [0.25, 0.3) is 11.2 Å². The number of fused-ring (bicyclic) bond motifs is 1. The van der Waals surface area contributed by atoms with Crippen LogP contribution in [0.4, 0.5) is 0 Å². The Labute approximate surface area is 119 Å². The summed E-state index contributed by atoms with van der Waals surface area (Å²) in [6.07, 6.45) is 3.09. The zero-order valence-corrected chi connectivity index (χ0v) is 12.8. The van der Waals surface area contributed by atoms with Crippen molar-refractivity contribution in [3.63, 3.8) is 0 Å². The van der Waals surface area contributed by atoms with E-state index in [2.05, 4.69) is 9.97 Å². The monoisotopic (exact) mass is 293 g/mol. The number of hydrogen-bond acceptors (Lipinski definition) is 4. The van der Waals surface area contributed by atoms with Gasteiger partial charge >= 0.3 is 0 Å². The van der Waals surface area contributed by atoms with E-state index in [0.717, 1.165) is 11.2 Å². The summed E-state index contributed by atoms with van der Waals surface area (Å²) in [6.45, 7) is 6.15. The summed E-state index contributed by atoms with van der Waals surface area (Å²) >= 11 is 0. The molecule has 2 aromatic rings. The lowest BCUT2D eigenvalue weighted by atomic mass is 10.1. The third kappa shape index (κ3) is 2.02. The zero-order chi connectivity index (χ0) is 14.5. The van der Waals surface area contributed by atoms with Crippen LogP contribution < -0.4 is 0 Å². The second-order valence-corrected chi connectivity index (χ2v) is 8.62. The van der Waals surface area contributed by atoms with Crippen LogP contribution in [0.15, 0.2) is 18.3 Å². The molecule has 1 aliphatic heterocycles. The fourth-order valence-corrected chi connectivity index (χ4v) is 4.75. The molecule has 0 radical (unpaired) electrons. The normalized spacial score (nSPS) is 22.4. The predicted molar refractivity (Wildman–Crippen MR) is 78.3 cm³/mol. The van der Waals surface area contributed by atoms with Gasteiger partial charge in [0.15, 0.2) is 15.5 Å². The van der Waals surface area contributed by atoms with Crippen molar-refractivity contribution in [2.45, 2.75) is 44.4 Å². The van der Waals surface area contributed by atoms with Crippen LogP contribution in [0, 0.1) is 0 Å². The Balaban J connectivity index is 2.30. The number of aromatic nitrogens is 3. The maximum atomic E-state index is 12.2. The molecule has 0 N–H and O–H groups in total. The molecule has 1 saturated heterocycles. The quantitative estimate of drug-likeness (QED) is 0.810. The molecule has 3 rings (SSSR count). The second kappa shape index (κ2) is 4.28. The van der Waals surface area contributed by atoms with E-state index in [4.69, 9.17) is 0 Å². The van der Waals surface area contributed by atoms with Crippen LogP contribution in [0.2, 0.25) is 0 Å². The van der Waals surface area contributed by atoms with Crippen LogP contribution in [-0.4, -0.2) is 28.7 Å². The summed E-state index contributed by atoms with van der Waals surface area (Å²) in [5.41, 5.74) is 1.27. The molecule has 5 nitrogen and oxygen atoms in total. The number of nitrogens with zero attached hydrogens (tertiary/aromatic N) is 3. The van der Waals surface area contributed by atoms with Gasteiger partial charge in [0, 0.05) is 11.7 Å². The molecule has 1 fully saturated rings. The number of sulfone groups is 1. The van der Waals surface area contributed by atoms with Crippen molar-refractivity contribution >= 4 is 21.0 Å². The minimum atomic E-state index is -3.08. The molecule has 0 amide bonds. The first-order chi connectivity index (χ1) is 9.31. The largest absolute Gasteiger partial charge is 0.306 e. The van der Waals surface area contributed by atoms with Gasteiger partial charge < -0.3 is 4.57 Å². The van der Waals surface area contributed by atoms with E-state index in [-0.39, 0.29) is 11.3 Å². The van der Waals surface area contributed by atoms with Crippen molar-refractivity contribution in [3.05, 3.63) is 24.2 Å². The summed E-state index contributed by atoms with van der Waals surface area (Å²) in [5.74, 6) is 0.905. The van der Waals surface area contributed by atoms with E-state index in [1.165, 1.54) is 0 Å².